The zero-order valence-electron chi connectivity index (χ0n) is 13.5. The van der Waals surface area contributed by atoms with E-state index < -0.39 is 0 Å². The second-order valence-electron chi connectivity index (χ2n) is 5.58. The number of hydrogen-bond donors (Lipinski definition) is 1. The third kappa shape index (κ3) is 5.35. The largest absolute Gasteiger partial charge is 0.494 e. The van der Waals surface area contributed by atoms with Crippen LogP contribution < -0.4 is 10.5 Å². The smallest absolute Gasteiger partial charge is 0.119 e. The van der Waals surface area contributed by atoms with Gasteiger partial charge < -0.3 is 15.4 Å². The van der Waals surface area contributed by atoms with Crippen molar-refractivity contribution >= 4 is 17.0 Å². The van der Waals surface area contributed by atoms with Gasteiger partial charge in [0.15, 0.2) is 0 Å². The molecule has 1 unspecified atom stereocenters. The molecule has 0 aliphatic rings. The molecule has 1 aromatic heterocycles. The van der Waals surface area contributed by atoms with Crippen LogP contribution in [0.3, 0.4) is 0 Å². The van der Waals surface area contributed by atoms with E-state index in [1.165, 1.54) is 5.56 Å². The lowest BCUT2D eigenvalue weighted by Crippen LogP contribution is -2.35. The molecule has 2 N–H and O–H groups in total. The first-order valence-electron chi connectivity index (χ1n) is 7.92. The fourth-order valence-corrected chi connectivity index (χ4v) is 3.27. The molecule has 3 nitrogen and oxygen atoms in total. The Hall–Kier alpha value is -1.52. The fraction of sp³-hybridized carbons (Fsp3) is 0.444. The van der Waals surface area contributed by atoms with Crippen LogP contribution in [0.5, 0.6) is 5.75 Å². The van der Waals surface area contributed by atoms with Crippen LogP contribution in [-0.2, 0) is 6.42 Å². The Bertz CT molecular complexity index is 525. The summed E-state index contributed by atoms with van der Waals surface area (Å²) in [6.07, 6.45) is 2.16. The second kappa shape index (κ2) is 8.81. The van der Waals surface area contributed by atoms with Gasteiger partial charge in [-0.3, -0.25) is 0 Å². The van der Waals surface area contributed by atoms with Gasteiger partial charge in [0.05, 0.1) is 6.61 Å². The highest BCUT2D eigenvalue weighted by Crippen LogP contribution is 2.14. The summed E-state index contributed by atoms with van der Waals surface area (Å²) in [5.74, 6) is 0.892. The Morgan fingerprint density at radius 2 is 2.00 bits per heavy atom. The first kappa shape index (κ1) is 16.8. The van der Waals surface area contributed by atoms with Crippen molar-refractivity contribution in [1.29, 1.82) is 0 Å². The SMILES string of the molecule is CCN(CCCOc1ccc(N)cc1)C(C)Cc1ccsc1. The third-order valence-electron chi connectivity index (χ3n) is 3.88. The lowest BCUT2D eigenvalue weighted by atomic mass is 10.1. The number of nitrogens with zero attached hydrogens (tertiary/aromatic N) is 1. The molecule has 22 heavy (non-hydrogen) atoms. The van der Waals surface area contributed by atoms with Crippen molar-refractivity contribution in [2.45, 2.75) is 32.7 Å². The Labute approximate surface area is 137 Å². The normalized spacial score (nSPS) is 12.5. The third-order valence-corrected chi connectivity index (χ3v) is 4.61. The maximum Gasteiger partial charge on any atom is 0.119 e. The monoisotopic (exact) mass is 318 g/mol. The summed E-state index contributed by atoms with van der Waals surface area (Å²) in [6, 6.07) is 10.4. The molecule has 0 radical (unpaired) electrons. The molecule has 120 valence electrons. The van der Waals surface area contributed by atoms with Crippen molar-refractivity contribution in [1.82, 2.24) is 4.90 Å². The van der Waals surface area contributed by atoms with Crippen LogP contribution in [0, 0.1) is 0 Å². The number of nitrogens with two attached hydrogens (primary N) is 1. The first-order valence-corrected chi connectivity index (χ1v) is 8.86. The van der Waals surface area contributed by atoms with E-state index >= 15 is 0 Å². The van der Waals surface area contributed by atoms with Crippen LogP contribution in [0.2, 0.25) is 0 Å². The predicted molar refractivity (Wildman–Crippen MR) is 95.7 cm³/mol. The Balaban J connectivity index is 1.70. The predicted octanol–water partition coefficient (Wildman–Crippen LogP) is 4.05. The summed E-state index contributed by atoms with van der Waals surface area (Å²) < 4.78 is 5.76. The highest BCUT2D eigenvalue weighted by Gasteiger charge is 2.12. The number of nitrogen functional groups attached to an aromatic ring is 1. The second-order valence-corrected chi connectivity index (χ2v) is 6.36. The summed E-state index contributed by atoms with van der Waals surface area (Å²) in [5.41, 5.74) is 7.88. The molecule has 1 atom stereocenters. The number of likely N-dealkylation sites (N-methyl/N-ethyl adjacent to an activating group) is 1. The van der Waals surface area contributed by atoms with E-state index in [-0.39, 0.29) is 0 Å². The van der Waals surface area contributed by atoms with Crippen LogP contribution in [0.25, 0.3) is 0 Å². The molecule has 4 heteroatoms. The van der Waals surface area contributed by atoms with Gasteiger partial charge >= 0.3 is 0 Å². The standard InChI is InChI=1S/C18H26N2OS/c1-3-20(15(2)13-16-9-12-22-14-16)10-4-11-21-18-7-5-17(19)6-8-18/h5-9,12,14-15H,3-4,10-11,13,19H2,1-2H3. The average Bonchev–Trinajstić information content (AvgIpc) is 3.02. The van der Waals surface area contributed by atoms with Crippen molar-refractivity contribution in [3.05, 3.63) is 46.7 Å². The Kier molecular flexibility index (Phi) is 6.74. The van der Waals surface area contributed by atoms with Gasteiger partial charge in [-0.15, -0.1) is 0 Å². The molecule has 1 heterocycles. The van der Waals surface area contributed by atoms with Crippen LogP contribution in [-0.4, -0.2) is 30.6 Å². The minimum absolute atomic E-state index is 0.566. The maximum atomic E-state index is 5.76. The van der Waals surface area contributed by atoms with E-state index in [1.807, 2.05) is 24.3 Å². The molecular formula is C18H26N2OS. The number of anilines is 1. The van der Waals surface area contributed by atoms with Gasteiger partial charge in [0.1, 0.15) is 5.75 Å². The molecule has 0 amide bonds. The van der Waals surface area contributed by atoms with E-state index in [0.717, 1.165) is 44.0 Å². The first-order chi connectivity index (χ1) is 10.7. The minimum atomic E-state index is 0.566. The number of benzene rings is 1. The van der Waals surface area contributed by atoms with Crippen molar-refractivity contribution in [3.63, 3.8) is 0 Å². The molecule has 0 bridgehead atoms. The molecule has 1 aromatic carbocycles. The fourth-order valence-electron chi connectivity index (χ4n) is 2.59. The molecular weight excluding hydrogens is 292 g/mol. The Morgan fingerprint density at radius 1 is 1.23 bits per heavy atom. The van der Waals surface area contributed by atoms with Gasteiger partial charge in [-0.2, -0.15) is 11.3 Å². The van der Waals surface area contributed by atoms with Gasteiger partial charge in [-0.05, 0) is 73.0 Å². The lowest BCUT2D eigenvalue weighted by Gasteiger charge is -2.27. The topological polar surface area (TPSA) is 38.5 Å². The maximum absolute atomic E-state index is 5.76. The van der Waals surface area contributed by atoms with Crippen molar-refractivity contribution in [2.75, 3.05) is 25.4 Å². The van der Waals surface area contributed by atoms with Crippen LogP contribution in [0.15, 0.2) is 41.1 Å². The molecule has 2 rings (SSSR count). The highest BCUT2D eigenvalue weighted by atomic mass is 32.1. The van der Waals surface area contributed by atoms with E-state index in [2.05, 4.69) is 35.6 Å². The number of thiophene rings is 1. The summed E-state index contributed by atoms with van der Waals surface area (Å²) in [4.78, 5) is 2.52. The van der Waals surface area contributed by atoms with E-state index in [1.54, 1.807) is 11.3 Å². The van der Waals surface area contributed by atoms with Crippen molar-refractivity contribution in [3.8, 4) is 5.75 Å². The van der Waals surface area contributed by atoms with Crippen LogP contribution in [0.4, 0.5) is 5.69 Å². The Morgan fingerprint density at radius 3 is 2.64 bits per heavy atom. The van der Waals surface area contributed by atoms with Crippen molar-refractivity contribution in [2.24, 2.45) is 0 Å². The number of ether oxygens (including phenoxy) is 1. The summed E-state index contributed by atoms with van der Waals surface area (Å²) in [5, 5.41) is 4.40. The molecule has 0 fully saturated rings. The number of rotatable bonds is 9. The van der Waals surface area contributed by atoms with Gasteiger partial charge in [-0.1, -0.05) is 6.92 Å². The molecule has 0 spiro atoms. The molecule has 0 aliphatic heterocycles. The zero-order valence-corrected chi connectivity index (χ0v) is 14.3. The molecule has 0 saturated heterocycles. The lowest BCUT2D eigenvalue weighted by molar-refractivity contribution is 0.195. The zero-order chi connectivity index (χ0) is 15.8. The van der Waals surface area contributed by atoms with E-state index in [9.17, 15) is 0 Å². The van der Waals surface area contributed by atoms with Crippen LogP contribution >= 0.6 is 11.3 Å². The van der Waals surface area contributed by atoms with Crippen molar-refractivity contribution < 1.29 is 4.74 Å². The average molecular weight is 318 g/mol. The minimum Gasteiger partial charge on any atom is -0.494 e. The number of hydrogen-bond acceptors (Lipinski definition) is 4. The van der Waals surface area contributed by atoms with Crippen LogP contribution in [0.1, 0.15) is 25.8 Å². The molecule has 0 saturated carbocycles. The van der Waals surface area contributed by atoms with Gasteiger partial charge in [-0.25, -0.2) is 0 Å². The quantitative estimate of drug-likeness (QED) is 0.560. The van der Waals surface area contributed by atoms with Gasteiger partial charge in [0.25, 0.3) is 0 Å². The molecule has 0 aliphatic carbocycles. The highest BCUT2D eigenvalue weighted by molar-refractivity contribution is 7.07. The van der Waals surface area contributed by atoms with Gasteiger partial charge in [0, 0.05) is 18.3 Å². The molecule has 2 aromatic rings. The van der Waals surface area contributed by atoms with E-state index in [0.29, 0.717) is 6.04 Å². The van der Waals surface area contributed by atoms with Gasteiger partial charge in [0.2, 0.25) is 0 Å². The van der Waals surface area contributed by atoms with E-state index in [4.69, 9.17) is 10.5 Å². The summed E-state index contributed by atoms with van der Waals surface area (Å²) in [6.45, 7) is 7.42. The summed E-state index contributed by atoms with van der Waals surface area (Å²) in [7, 11) is 0. The summed E-state index contributed by atoms with van der Waals surface area (Å²) >= 11 is 1.77.